The Balaban J connectivity index is 1.54. The molecule has 0 radical (unpaired) electrons. The molecule has 21 heavy (non-hydrogen) atoms. The van der Waals surface area contributed by atoms with Crippen LogP contribution < -0.4 is 10.1 Å². The van der Waals surface area contributed by atoms with Crippen LogP contribution in [0.1, 0.15) is 16.9 Å². The minimum Gasteiger partial charge on any atom is -0.477 e. The van der Waals surface area contributed by atoms with Crippen LogP contribution in [0.2, 0.25) is 0 Å². The zero-order valence-electron chi connectivity index (χ0n) is 11.8. The zero-order chi connectivity index (χ0) is 14.7. The Morgan fingerprint density at radius 3 is 2.86 bits per heavy atom. The molecular weight excluding hydrogens is 340 g/mol. The normalized spacial score (nSPS) is 18.9. The molecule has 7 nitrogen and oxygen atoms in total. The monoisotopic (exact) mass is 358 g/mol. The summed E-state index contributed by atoms with van der Waals surface area (Å²) >= 11 is 3.41. The fourth-order valence-electron chi connectivity index (χ4n) is 2.48. The Hall–Kier alpha value is -1.12. The van der Waals surface area contributed by atoms with Gasteiger partial charge in [-0.3, -0.25) is 9.69 Å². The van der Waals surface area contributed by atoms with Gasteiger partial charge in [0.1, 0.15) is 4.47 Å². The Morgan fingerprint density at radius 1 is 1.29 bits per heavy atom. The molecule has 0 spiro atoms. The number of fused-ring (bicyclic) bond motifs is 1. The number of hydrogen-bond acceptors (Lipinski definition) is 5. The zero-order valence-corrected chi connectivity index (χ0v) is 13.4. The summed E-state index contributed by atoms with van der Waals surface area (Å²) in [6.45, 7) is 6.27. The Labute approximate surface area is 131 Å². The van der Waals surface area contributed by atoms with E-state index in [1.54, 1.807) is 4.68 Å². The number of halogens is 1. The first-order valence-corrected chi connectivity index (χ1v) is 8.02. The second-order valence-corrected chi connectivity index (χ2v) is 5.90. The summed E-state index contributed by atoms with van der Waals surface area (Å²) in [6.07, 6.45) is 0.916. The molecule has 2 aliphatic rings. The maximum absolute atomic E-state index is 12.2. The van der Waals surface area contributed by atoms with Gasteiger partial charge in [-0.05, 0) is 15.9 Å². The minimum absolute atomic E-state index is 0.166. The van der Waals surface area contributed by atoms with Crippen molar-refractivity contribution in [2.24, 2.45) is 0 Å². The molecule has 0 aromatic carbocycles. The molecule has 1 saturated heterocycles. The predicted molar refractivity (Wildman–Crippen MR) is 79.6 cm³/mol. The average Bonchev–Trinajstić information content (AvgIpc) is 2.86. The third kappa shape index (κ3) is 3.38. The van der Waals surface area contributed by atoms with Crippen LogP contribution >= 0.6 is 15.9 Å². The number of nitrogens with one attached hydrogen (secondary N) is 1. The molecule has 0 saturated carbocycles. The van der Waals surface area contributed by atoms with E-state index >= 15 is 0 Å². The van der Waals surface area contributed by atoms with Gasteiger partial charge in [-0.1, -0.05) is 0 Å². The van der Waals surface area contributed by atoms with Crippen molar-refractivity contribution in [2.45, 2.75) is 13.0 Å². The summed E-state index contributed by atoms with van der Waals surface area (Å²) in [5.41, 5.74) is 0.397. The van der Waals surface area contributed by atoms with Crippen molar-refractivity contribution < 1.29 is 14.3 Å². The third-order valence-electron chi connectivity index (χ3n) is 3.64. The number of aryl methyl sites for hydroxylation is 1. The lowest BCUT2D eigenvalue weighted by Gasteiger charge is -2.26. The van der Waals surface area contributed by atoms with E-state index in [2.05, 4.69) is 31.2 Å². The van der Waals surface area contributed by atoms with Crippen molar-refractivity contribution in [3.8, 4) is 5.88 Å². The minimum atomic E-state index is -0.166. The molecule has 1 fully saturated rings. The van der Waals surface area contributed by atoms with E-state index in [1.807, 2.05) is 0 Å². The van der Waals surface area contributed by atoms with Gasteiger partial charge >= 0.3 is 0 Å². The molecule has 1 N–H and O–H groups in total. The first kappa shape index (κ1) is 14.8. The first-order chi connectivity index (χ1) is 10.3. The van der Waals surface area contributed by atoms with Crippen LogP contribution in [-0.2, 0) is 11.3 Å². The fourth-order valence-corrected chi connectivity index (χ4v) is 3.06. The molecule has 0 atom stereocenters. The summed E-state index contributed by atoms with van der Waals surface area (Å²) in [4.78, 5) is 14.5. The number of morpholine rings is 1. The van der Waals surface area contributed by atoms with Crippen molar-refractivity contribution >= 4 is 21.8 Å². The van der Waals surface area contributed by atoms with E-state index in [0.29, 0.717) is 29.2 Å². The highest BCUT2D eigenvalue weighted by Crippen LogP contribution is 2.31. The number of carbonyl (C=O) groups excluding carboxylic acids is 1. The summed E-state index contributed by atoms with van der Waals surface area (Å²) in [5, 5.41) is 7.23. The summed E-state index contributed by atoms with van der Waals surface area (Å²) in [5.74, 6) is 0.486. The molecule has 0 unspecified atom stereocenters. The van der Waals surface area contributed by atoms with Crippen molar-refractivity contribution in [1.29, 1.82) is 0 Å². The van der Waals surface area contributed by atoms with E-state index in [0.717, 1.165) is 45.8 Å². The van der Waals surface area contributed by atoms with Gasteiger partial charge in [0.05, 0.1) is 19.8 Å². The Morgan fingerprint density at radius 2 is 2.10 bits per heavy atom. The second kappa shape index (κ2) is 6.76. The molecule has 0 bridgehead atoms. The smallest absolute Gasteiger partial charge is 0.273 e. The maximum Gasteiger partial charge on any atom is 0.273 e. The number of carbonyl (C=O) groups is 1. The number of amides is 1. The van der Waals surface area contributed by atoms with E-state index in [1.165, 1.54) is 0 Å². The lowest BCUT2D eigenvalue weighted by Crippen LogP contribution is -2.41. The van der Waals surface area contributed by atoms with Crippen LogP contribution in [0.15, 0.2) is 4.47 Å². The van der Waals surface area contributed by atoms with Crippen LogP contribution in [0, 0.1) is 0 Å². The number of ether oxygens (including phenoxy) is 2. The molecule has 8 heteroatoms. The number of rotatable bonds is 4. The fraction of sp³-hybridized carbons (Fsp3) is 0.692. The molecule has 2 aliphatic heterocycles. The lowest BCUT2D eigenvalue weighted by atomic mass is 10.3. The molecule has 1 aromatic rings. The highest BCUT2D eigenvalue weighted by Gasteiger charge is 2.24. The van der Waals surface area contributed by atoms with Gasteiger partial charge in [0.2, 0.25) is 5.88 Å². The topological polar surface area (TPSA) is 68.6 Å². The van der Waals surface area contributed by atoms with Crippen molar-refractivity contribution in [3.63, 3.8) is 0 Å². The molecule has 3 rings (SSSR count). The van der Waals surface area contributed by atoms with Gasteiger partial charge in [-0.2, -0.15) is 5.10 Å². The van der Waals surface area contributed by atoms with Gasteiger partial charge < -0.3 is 14.8 Å². The SMILES string of the molecule is O=C(NCCN1CCOCC1)c1nn2c(c1Br)OCCC2. The number of aromatic nitrogens is 2. The molecule has 0 aliphatic carbocycles. The molecule has 116 valence electrons. The highest BCUT2D eigenvalue weighted by atomic mass is 79.9. The van der Waals surface area contributed by atoms with Crippen molar-refractivity contribution in [1.82, 2.24) is 20.0 Å². The van der Waals surface area contributed by atoms with Gasteiger partial charge in [-0.15, -0.1) is 0 Å². The largest absolute Gasteiger partial charge is 0.477 e. The van der Waals surface area contributed by atoms with Crippen molar-refractivity contribution in [3.05, 3.63) is 10.2 Å². The molecular formula is C13H19BrN4O3. The quantitative estimate of drug-likeness (QED) is 0.848. The van der Waals surface area contributed by atoms with E-state index in [-0.39, 0.29) is 5.91 Å². The van der Waals surface area contributed by atoms with Crippen LogP contribution in [0.3, 0.4) is 0 Å². The lowest BCUT2D eigenvalue weighted by molar-refractivity contribution is 0.0383. The Bertz CT molecular complexity index is 514. The number of hydrogen-bond donors (Lipinski definition) is 1. The summed E-state index contributed by atoms with van der Waals surface area (Å²) in [6, 6.07) is 0. The van der Waals surface area contributed by atoms with Crippen molar-refractivity contribution in [2.75, 3.05) is 46.0 Å². The van der Waals surface area contributed by atoms with Gasteiger partial charge in [0, 0.05) is 39.1 Å². The second-order valence-electron chi connectivity index (χ2n) is 5.10. The van der Waals surface area contributed by atoms with E-state index < -0.39 is 0 Å². The van der Waals surface area contributed by atoms with Crippen LogP contribution in [0.25, 0.3) is 0 Å². The molecule has 1 aromatic heterocycles. The number of nitrogens with zero attached hydrogens (tertiary/aromatic N) is 3. The standard InChI is InChI=1S/C13H19BrN4O3/c14-10-11(16-18-3-1-7-21-13(10)18)12(19)15-2-4-17-5-8-20-9-6-17/h1-9H2,(H,15,19). The third-order valence-corrected chi connectivity index (χ3v) is 4.35. The highest BCUT2D eigenvalue weighted by molar-refractivity contribution is 9.10. The maximum atomic E-state index is 12.2. The van der Waals surface area contributed by atoms with Gasteiger partial charge in [0.25, 0.3) is 5.91 Å². The van der Waals surface area contributed by atoms with Gasteiger partial charge in [-0.25, -0.2) is 4.68 Å². The van der Waals surface area contributed by atoms with E-state index in [4.69, 9.17) is 9.47 Å². The average molecular weight is 359 g/mol. The van der Waals surface area contributed by atoms with E-state index in [9.17, 15) is 4.79 Å². The van der Waals surface area contributed by atoms with Crippen LogP contribution in [0.5, 0.6) is 5.88 Å². The summed E-state index contributed by atoms with van der Waals surface area (Å²) in [7, 11) is 0. The molecule has 1 amide bonds. The molecule has 3 heterocycles. The van der Waals surface area contributed by atoms with Crippen LogP contribution in [0.4, 0.5) is 0 Å². The Kier molecular flexibility index (Phi) is 4.77. The van der Waals surface area contributed by atoms with Crippen LogP contribution in [-0.4, -0.2) is 66.6 Å². The predicted octanol–water partition coefficient (Wildman–Crippen LogP) is 0.490. The summed E-state index contributed by atoms with van der Waals surface area (Å²) < 4.78 is 13.2. The van der Waals surface area contributed by atoms with Gasteiger partial charge in [0.15, 0.2) is 5.69 Å². The first-order valence-electron chi connectivity index (χ1n) is 7.23.